The van der Waals surface area contributed by atoms with Crippen molar-refractivity contribution in [2.75, 3.05) is 12.0 Å². The number of aliphatic carboxylic acids is 2. The minimum atomic E-state index is -1.39. The lowest BCUT2D eigenvalue weighted by molar-refractivity contribution is -0.143. The second-order valence-corrected chi connectivity index (χ2v) is 9.39. The van der Waals surface area contributed by atoms with Crippen molar-refractivity contribution in [2.45, 2.75) is 56.3 Å². The minimum absolute atomic E-state index is 0.0162. The Morgan fingerprint density at radius 3 is 1.89 bits per heavy atom. The fourth-order valence-corrected chi connectivity index (χ4v) is 3.87. The van der Waals surface area contributed by atoms with E-state index in [-0.39, 0.29) is 19.3 Å². The molecule has 15 nitrogen and oxygen atoms in total. The molecule has 2 heterocycles. The summed E-state index contributed by atoms with van der Waals surface area (Å²) in [5, 5.41) is 26.0. The van der Waals surface area contributed by atoms with E-state index in [0.717, 1.165) is 0 Å². The number of aromatic nitrogens is 4. The van der Waals surface area contributed by atoms with Gasteiger partial charge in [0.2, 0.25) is 17.7 Å². The average Bonchev–Trinajstić information content (AvgIpc) is 3.58. The molecule has 0 spiro atoms. The second kappa shape index (κ2) is 15.4. The Bertz CT molecular complexity index is 1060. The molecule has 0 aliphatic heterocycles. The van der Waals surface area contributed by atoms with Crippen LogP contribution in [0.2, 0.25) is 0 Å². The summed E-state index contributed by atoms with van der Waals surface area (Å²) in [6, 6.07) is -4.82. The number of rotatable bonds is 17. The minimum Gasteiger partial charge on any atom is -0.481 e. The van der Waals surface area contributed by atoms with Crippen LogP contribution in [0.1, 0.15) is 30.7 Å². The van der Waals surface area contributed by atoms with Gasteiger partial charge in [0.05, 0.1) is 18.7 Å². The number of carboxylic acids is 2. The number of nitrogens with zero attached hydrogens (tertiary/aromatic N) is 2. The molecule has 208 valence electrons. The third-order valence-electron chi connectivity index (χ3n) is 5.45. The van der Waals surface area contributed by atoms with E-state index in [9.17, 15) is 29.1 Å². The Kier molecular flexibility index (Phi) is 12.2. The van der Waals surface area contributed by atoms with Crippen molar-refractivity contribution in [1.29, 1.82) is 0 Å². The number of hydrogen-bond acceptors (Lipinski definition) is 9. The number of nitrogens with two attached hydrogens (primary N) is 1. The van der Waals surface area contributed by atoms with Gasteiger partial charge in [0.25, 0.3) is 0 Å². The number of carbonyl (C=O) groups excluding carboxylic acids is 3. The summed E-state index contributed by atoms with van der Waals surface area (Å²) in [6.07, 6.45) is 6.92. The lowest BCUT2D eigenvalue weighted by Gasteiger charge is -2.25. The molecule has 38 heavy (non-hydrogen) atoms. The monoisotopic (exact) mass is 552 g/mol. The SMILES string of the molecule is CSCCC(N)C(=O)NC(Cc1cnc[nH]1)C(=O)NC(CCC(=O)O)C(=O)NC(Cc1cnc[nH]1)C(=O)O. The Balaban J connectivity index is 2.18. The Hall–Kier alpha value is -3.92. The zero-order valence-corrected chi connectivity index (χ0v) is 21.5. The summed E-state index contributed by atoms with van der Waals surface area (Å²) in [7, 11) is 0. The lowest BCUT2D eigenvalue weighted by Crippen LogP contribution is -2.58. The van der Waals surface area contributed by atoms with Gasteiger partial charge in [0.15, 0.2) is 0 Å². The Labute approximate surface area is 222 Å². The zero-order chi connectivity index (χ0) is 28.1. The molecule has 4 unspecified atom stereocenters. The van der Waals surface area contributed by atoms with Crippen molar-refractivity contribution >= 4 is 41.4 Å². The van der Waals surface area contributed by atoms with Gasteiger partial charge in [0.1, 0.15) is 18.1 Å². The van der Waals surface area contributed by atoms with E-state index in [0.29, 0.717) is 23.6 Å². The van der Waals surface area contributed by atoms with Gasteiger partial charge in [-0.05, 0) is 24.9 Å². The number of H-pyrrole nitrogens is 2. The number of carboxylic acid groups (broad SMARTS) is 2. The highest BCUT2D eigenvalue weighted by Gasteiger charge is 2.31. The van der Waals surface area contributed by atoms with Gasteiger partial charge < -0.3 is 41.9 Å². The first-order chi connectivity index (χ1) is 18.1. The van der Waals surface area contributed by atoms with Gasteiger partial charge in [-0.3, -0.25) is 19.2 Å². The van der Waals surface area contributed by atoms with Crippen LogP contribution >= 0.6 is 11.8 Å². The number of nitrogens with one attached hydrogen (secondary N) is 5. The van der Waals surface area contributed by atoms with Crippen LogP contribution in [-0.4, -0.2) is 96.0 Å². The van der Waals surface area contributed by atoms with Crippen LogP contribution < -0.4 is 21.7 Å². The Morgan fingerprint density at radius 1 is 0.868 bits per heavy atom. The summed E-state index contributed by atoms with van der Waals surface area (Å²) >= 11 is 1.51. The number of imidazole rings is 2. The maximum absolute atomic E-state index is 13.2. The molecular weight excluding hydrogens is 520 g/mol. The van der Waals surface area contributed by atoms with E-state index in [1.807, 2.05) is 6.26 Å². The summed E-state index contributed by atoms with van der Waals surface area (Å²) in [6.45, 7) is 0. The Morgan fingerprint density at radius 2 is 1.39 bits per heavy atom. The molecule has 0 aliphatic carbocycles. The summed E-state index contributed by atoms with van der Waals surface area (Å²) in [4.78, 5) is 75.0. The summed E-state index contributed by atoms with van der Waals surface area (Å²) in [5.41, 5.74) is 6.89. The number of amides is 3. The standard InChI is InChI=1S/C22H32N8O7S/c1-38-5-4-14(23)19(33)29-16(6-12-8-24-10-26-12)21(35)28-15(2-3-18(31)32)20(34)30-17(22(36)37)7-13-9-25-11-27-13/h8-11,14-17H,2-7,23H2,1H3,(H,24,26)(H,25,27)(H,28,35)(H,29,33)(H,30,34)(H,31,32)(H,36,37). The normalized spacial score (nSPS) is 14.1. The molecule has 0 saturated heterocycles. The molecule has 16 heteroatoms. The number of hydrogen-bond donors (Lipinski definition) is 8. The van der Waals surface area contributed by atoms with Crippen molar-refractivity contribution < 1.29 is 34.2 Å². The van der Waals surface area contributed by atoms with E-state index in [2.05, 4.69) is 35.9 Å². The fourth-order valence-electron chi connectivity index (χ4n) is 3.38. The van der Waals surface area contributed by atoms with Crippen LogP contribution in [0.25, 0.3) is 0 Å². The molecule has 2 aromatic heterocycles. The van der Waals surface area contributed by atoms with Crippen molar-refractivity contribution in [2.24, 2.45) is 5.73 Å². The smallest absolute Gasteiger partial charge is 0.326 e. The van der Waals surface area contributed by atoms with E-state index in [1.165, 1.54) is 36.8 Å². The molecule has 0 aliphatic rings. The van der Waals surface area contributed by atoms with Crippen molar-refractivity contribution in [1.82, 2.24) is 35.9 Å². The topological polar surface area (TPSA) is 245 Å². The number of carbonyl (C=O) groups is 5. The molecule has 0 aromatic carbocycles. The van der Waals surface area contributed by atoms with E-state index >= 15 is 0 Å². The quantitative estimate of drug-likeness (QED) is 0.111. The first-order valence-electron chi connectivity index (χ1n) is 11.6. The van der Waals surface area contributed by atoms with E-state index in [4.69, 9.17) is 10.8 Å². The predicted molar refractivity (Wildman–Crippen MR) is 136 cm³/mol. The van der Waals surface area contributed by atoms with Crippen molar-refractivity contribution in [3.05, 3.63) is 36.4 Å². The van der Waals surface area contributed by atoms with Crippen LogP contribution in [0.3, 0.4) is 0 Å². The maximum atomic E-state index is 13.2. The largest absolute Gasteiger partial charge is 0.481 e. The van der Waals surface area contributed by atoms with Gasteiger partial charge in [0, 0.05) is 43.0 Å². The molecular formula is C22H32N8O7S. The van der Waals surface area contributed by atoms with Crippen LogP contribution in [-0.2, 0) is 36.8 Å². The van der Waals surface area contributed by atoms with Crippen LogP contribution in [0.4, 0.5) is 0 Å². The highest BCUT2D eigenvalue weighted by atomic mass is 32.2. The number of aromatic amines is 2. The molecule has 9 N–H and O–H groups in total. The predicted octanol–water partition coefficient (Wildman–Crippen LogP) is -1.60. The summed E-state index contributed by atoms with van der Waals surface area (Å²) in [5.74, 6) is -4.17. The zero-order valence-electron chi connectivity index (χ0n) is 20.7. The summed E-state index contributed by atoms with van der Waals surface area (Å²) < 4.78 is 0. The molecule has 2 aromatic rings. The molecule has 4 atom stereocenters. The highest BCUT2D eigenvalue weighted by molar-refractivity contribution is 7.98. The van der Waals surface area contributed by atoms with Gasteiger partial charge >= 0.3 is 11.9 Å². The third-order valence-corrected chi connectivity index (χ3v) is 6.10. The highest BCUT2D eigenvalue weighted by Crippen LogP contribution is 2.06. The first-order valence-corrected chi connectivity index (χ1v) is 13.0. The second-order valence-electron chi connectivity index (χ2n) is 8.40. The lowest BCUT2D eigenvalue weighted by atomic mass is 10.1. The molecule has 0 saturated carbocycles. The van der Waals surface area contributed by atoms with Crippen LogP contribution in [0.15, 0.2) is 25.0 Å². The number of thioether (sulfide) groups is 1. The third kappa shape index (κ3) is 10.2. The van der Waals surface area contributed by atoms with Crippen molar-refractivity contribution in [3.63, 3.8) is 0 Å². The molecule has 0 fully saturated rings. The van der Waals surface area contributed by atoms with Gasteiger partial charge in [-0.1, -0.05) is 0 Å². The maximum Gasteiger partial charge on any atom is 0.326 e. The van der Waals surface area contributed by atoms with Crippen LogP contribution in [0, 0.1) is 0 Å². The van der Waals surface area contributed by atoms with Gasteiger partial charge in [-0.25, -0.2) is 14.8 Å². The molecule has 0 radical (unpaired) electrons. The molecule has 2 rings (SSSR count). The van der Waals surface area contributed by atoms with Crippen molar-refractivity contribution in [3.8, 4) is 0 Å². The van der Waals surface area contributed by atoms with E-state index < -0.39 is 60.2 Å². The average molecular weight is 553 g/mol. The molecule has 0 bridgehead atoms. The van der Waals surface area contributed by atoms with Crippen LogP contribution in [0.5, 0.6) is 0 Å². The first kappa shape index (κ1) is 30.3. The fraction of sp³-hybridized carbons (Fsp3) is 0.500. The van der Waals surface area contributed by atoms with Gasteiger partial charge in [-0.15, -0.1) is 0 Å². The van der Waals surface area contributed by atoms with E-state index in [1.54, 1.807) is 0 Å². The van der Waals surface area contributed by atoms with Gasteiger partial charge in [-0.2, -0.15) is 11.8 Å². The molecule has 3 amide bonds.